The van der Waals surface area contributed by atoms with E-state index in [1.807, 2.05) is 99.6 Å². The van der Waals surface area contributed by atoms with Crippen LogP contribution < -0.4 is 0 Å². The number of hydrogen-bond donors (Lipinski definition) is 0. The van der Waals surface area contributed by atoms with Crippen LogP contribution in [0.25, 0.3) is 66.4 Å². The Bertz CT molecular complexity index is 2710. The molecular formula is C45H42IrN2O2-2. The van der Waals surface area contributed by atoms with Gasteiger partial charge in [-0.1, -0.05) is 94.5 Å². The third kappa shape index (κ3) is 7.60. The monoisotopic (exact) mass is 842 g/mol. The van der Waals surface area contributed by atoms with Gasteiger partial charge in [-0.15, -0.1) is 54.1 Å². The van der Waals surface area contributed by atoms with Crippen LogP contribution in [0.15, 0.2) is 112 Å². The fourth-order valence-corrected chi connectivity index (χ4v) is 5.86. The van der Waals surface area contributed by atoms with Gasteiger partial charge < -0.3 is 18.8 Å². The fraction of sp³-hybridized carbons (Fsp3) is 0.244. The van der Waals surface area contributed by atoms with Crippen LogP contribution in [0.5, 0.6) is 0 Å². The van der Waals surface area contributed by atoms with Crippen molar-refractivity contribution in [2.45, 2.75) is 61.1 Å². The van der Waals surface area contributed by atoms with Crippen LogP contribution in [0.1, 0.15) is 67.8 Å². The summed E-state index contributed by atoms with van der Waals surface area (Å²) in [6.45, 7) is 8.43. The molecule has 0 aliphatic heterocycles. The van der Waals surface area contributed by atoms with E-state index in [4.69, 9.17) is 18.4 Å². The second-order valence-electron chi connectivity index (χ2n) is 14.2. The average Bonchev–Trinajstić information content (AvgIpc) is 3.70. The standard InChI is InChI=1S/C29H24NO2.C16H18N.Ir/c1-17-16-30-24(12-18(17)15-29(2,3)4)21-10-7-9-20-23-14-26-22(13-27(23)32-28(20)21)19-8-5-6-11-25(19)31-26;1-16(2,3)11-13-9-10-15(17-12-13)14-7-5-4-6-8-14;/h5-9,11-14,16H,15H2,1-4H3;4-7,9-10,12H,11H2,1-3H3;/q2*-1;/i1D3,15D2;11D2;. The number of nitrogens with zero attached hydrogens (tertiary/aromatic N) is 2. The van der Waals surface area contributed by atoms with E-state index in [-0.39, 0.29) is 31.2 Å². The summed E-state index contributed by atoms with van der Waals surface area (Å²) in [4.78, 5) is 8.80. The Balaban J connectivity index is 0.000000233. The third-order valence-electron chi connectivity index (χ3n) is 7.87. The van der Waals surface area contributed by atoms with Crippen molar-refractivity contribution in [2.24, 2.45) is 10.8 Å². The van der Waals surface area contributed by atoms with E-state index in [2.05, 4.69) is 22.1 Å². The van der Waals surface area contributed by atoms with Gasteiger partial charge in [-0.3, -0.25) is 0 Å². The number of furan rings is 2. The molecular weight excluding hydrogens is 793 g/mol. The Morgan fingerprint density at radius 2 is 1.38 bits per heavy atom. The molecule has 4 heterocycles. The maximum atomic E-state index is 8.83. The zero-order valence-electron chi connectivity index (χ0n) is 35.9. The molecule has 0 aliphatic rings. The summed E-state index contributed by atoms with van der Waals surface area (Å²) in [6.07, 6.45) is -0.446. The van der Waals surface area contributed by atoms with E-state index in [0.717, 1.165) is 44.0 Å². The minimum Gasteiger partial charge on any atom is -0.501 e. The maximum Gasteiger partial charge on any atom is 0.136 e. The summed E-state index contributed by atoms with van der Waals surface area (Å²) in [7, 11) is 0. The SMILES string of the molecule is [2H]C([2H])([2H])c1cnc(-c2[c-]ccc3c2oc2cc4c(cc23)oc2ccccc24)cc1C([2H])([2H])C(C)(C)C.[2H]C([2H])(c1ccc(-c2[c-]cccc2)nc1)C(C)(C)C.[Ir]. The number of benzene rings is 4. The Morgan fingerprint density at radius 3 is 2.08 bits per heavy atom. The Morgan fingerprint density at radius 1 is 0.660 bits per heavy atom. The number of aromatic nitrogens is 2. The van der Waals surface area contributed by atoms with E-state index in [9.17, 15) is 0 Å². The Labute approximate surface area is 318 Å². The number of fused-ring (bicyclic) bond motifs is 6. The molecule has 8 aromatic rings. The summed E-state index contributed by atoms with van der Waals surface area (Å²) in [6, 6.07) is 34.6. The molecule has 0 fully saturated rings. The molecule has 0 amide bonds. The molecule has 1 radical (unpaired) electrons. The van der Waals surface area contributed by atoms with Crippen LogP contribution in [-0.2, 0) is 32.9 Å². The molecule has 50 heavy (non-hydrogen) atoms. The van der Waals surface area contributed by atoms with Crippen molar-refractivity contribution < 1.29 is 38.5 Å². The van der Waals surface area contributed by atoms with Crippen molar-refractivity contribution in [2.75, 3.05) is 0 Å². The summed E-state index contributed by atoms with van der Waals surface area (Å²) < 4.78 is 70.4. The molecule has 0 atom stereocenters. The van der Waals surface area contributed by atoms with Crippen LogP contribution in [0.2, 0.25) is 0 Å². The minimum atomic E-state index is -2.51. The van der Waals surface area contributed by atoms with E-state index < -0.39 is 30.4 Å². The van der Waals surface area contributed by atoms with Gasteiger partial charge in [0.15, 0.2) is 0 Å². The Hall–Kier alpha value is -4.57. The van der Waals surface area contributed by atoms with Gasteiger partial charge in [0.25, 0.3) is 0 Å². The van der Waals surface area contributed by atoms with Gasteiger partial charge in [0.1, 0.15) is 16.7 Å². The van der Waals surface area contributed by atoms with Gasteiger partial charge in [-0.2, -0.15) is 0 Å². The summed E-state index contributed by atoms with van der Waals surface area (Å²) >= 11 is 0. The van der Waals surface area contributed by atoms with Gasteiger partial charge in [-0.05, 0) is 71.1 Å². The van der Waals surface area contributed by atoms with Crippen molar-refractivity contribution in [1.82, 2.24) is 9.97 Å². The topological polar surface area (TPSA) is 52.1 Å². The molecule has 0 N–H and O–H groups in total. The van der Waals surface area contributed by atoms with Crippen LogP contribution in [-0.4, -0.2) is 9.97 Å². The van der Waals surface area contributed by atoms with E-state index in [1.54, 1.807) is 33.0 Å². The number of para-hydroxylation sites is 1. The van der Waals surface area contributed by atoms with Gasteiger partial charge in [0.05, 0.1) is 5.58 Å². The van der Waals surface area contributed by atoms with Crippen molar-refractivity contribution in [3.63, 3.8) is 0 Å². The van der Waals surface area contributed by atoms with Gasteiger partial charge in [0.2, 0.25) is 0 Å². The predicted molar refractivity (Wildman–Crippen MR) is 203 cm³/mol. The van der Waals surface area contributed by atoms with Crippen LogP contribution >= 0.6 is 0 Å². The van der Waals surface area contributed by atoms with Crippen LogP contribution in [0, 0.1) is 29.8 Å². The molecule has 0 unspecified atom stereocenters. The first-order valence-electron chi connectivity index (χ1n) is 19.8. The molecule has 255 valence electrons. The second-order valence-corrected chi connectivity index (χ2v) is 14.2. The van der Waals surface area contributed by atoms with Crippen LogP contribution in [0.4, 0.5) is 0 Å². The molecule has 0 saturated heterocycles. The molecule has 4 aromatic heterocycles. The first-order valence-corrected chi connectivity index (χ1v) is 16.3. The van der Waals surface area contributed by atoms with Crippen molar-refractivity contribution in [1.29, 1.82) is 0 Å². The van der Waals surface area contributed by atoms with Gasteiger partial charge in [-0.25, -0.2) is 0 Å². The van der Waals surface area contributed by atoms with E-state index in [0.29, 0.717) is 28.0 Å². The molecule has 4 aromatic carbocycles. The van der Waals surface area contributed by atoms with E-state index >= 15 is 0 Å². The zero-order valence-corrected chi connectivity index (χ0v) is 31.3. The van der Waals surface area contributed by atoms with Crippen LogP contribution in [0.3, 0.4) is 0 Å². The molecule has 0 saturated carbocycles. The molecule has 0 spiro atoms. The third-order valence-corrected chi connectivity index (χ3v) is 7.87. The zero-order chi connectivity index (χ0) is 40.4. The van der Waals surface area contributed by atoms with E-state index in [1.165, 1.54) is 12.3 Å². The number of rotatable bonds is 4. The normalized spacial score (nSPS) is 14.8. The largest absolute Gasteiger partial charge is 0.501 e. The predicted octanol–water partition coefficient (Wildman–Crippen LogP) is 12.4. The number of pyridine rings is 2. The summed E-state index contributed by atoms with van der Waals surface area (Å²) in [5, 5.41) is 3.67. The average molecular weight is 842 g/mol. The number of hydrogen-bond acceptors (Lipinski definition) is 4. The van der Waals surface area contributed by atoms with Crippen molar-refractivity contribution in [3.8, 4) is 22.5 Å². The molecule has 5 heteroatoms. The quantitative estimate of drug-likeness (QED) is 0.166. The van der Waals surface area contributed by atoms with Gasteiger partial charge >= 0.3 is 0 Å². The maximum absolute atomic E-state index is 8.83. The van der Waals surface area contributed by atoms with Crippen molar-refractivity contribution in [3.05, 3.63) is 132 Å². The summed E-state index contributed by atoms with van der Waals surface area (Å²) in [5.74, 6) is 0. The molecule has 8 rings (SSSR count). The van der Waals surface area contributed by atoms with Crippen molar-refractivity contribution >= 4 is 43.9 Å². The second kappa shape index (κ2) is 14.0. The molecule has 4 nitrogen and oxygen atoms in total. The molecule has 0 aliphatic carbocycles. The smallest absolute Gasteiger partial charge is 0.136 e. The fourth-order valence-electron chi connectivity index (χ4n) is 5.86. The minimum absolute atomic E-state index is 0. The summed E-state index contributed by atoms with van der Waals surface area (Å²) in [5.41, 5.74) is 4.76. The first-order chi connectivity index (χ1) is 26.2. The first kappa shape index (κ1) is 27.2. The number of aryl methyl sites for hydroxylation is 1. The van der Waals surface area contributed by atoms with Gasteiger partial charge in [0, 0.05) is 58.3 Å². The molecule has 0 bridgehead atoms. The Kier molecular flexibility index (Phi) is 7.60.